The number of amides is 1. The standard InChI is InChI=1S/C18H25N5O2/c1-18(2,3)25-17(24)23-8-6-5-7-14(23)16-21-11-15(22(16)4)13-9-19-12-20-10-13/h9-12,14H,5-8H2,1-4H3. The van der Waals surface area contributed by atoms with E-state index in [2.05, 4.69) is 15.0 Å². The Bertz CT molecular complexity index is 736. The number of likely N-dealkylation sites (tertiary alicyclic amines) is 1. The van der Waals surface area contributed by atoms with E-state index in [0.717, 1.165) is 36.3 Å². The molecule has 1 unspecified atom stereocenters. The van der Waals surface area contributed by atoms with Gasteiger partial charge >= 0.3 is 6.09 Å². The number of aromatic nitrogens is 4. The van der Waals surface area contributed by atoms with Crippen LogP contribution in [0.5, 0.6) is 0 Å². The highest BCUT2D eigenvalue weighted by Crippen LogP contribution is 2.33. The fraction of sp³-hybridized carbons (Fsp3) is 0.556. The van der Waals surface area contributed by atoms with E-state index >= 15 is 0 Å². The lowest BCUT2D eigenvalue weighted by Gasteiger charge is -2.36. The highest BCUT2D eigenvalue weighted by Gasteiger charge is 2.34. The van der Waals surface area contributed by atoms with Crippen molar-refractivity contribution in [2.45, 2.75) is 51.7 Å². The summed E-state index contributed by atoms with van der Waals surface area (Å²) in [4.78, 5) is 27.2. The Morgan fingerprint density at radius 2 is 1.92 bits per heavy atom. The molecule has 1 amide bonds. The van der Waals surface area contributed by atoms with Gasteiger partial charge in [0, 0.05) is 31.5 Å². The Labute approximate surface area is 148 Å². The minimum absolute atomic E-state index is 0.0769. The van der Waals surface area contributed by atoms with Gasteiger partial charge in [0.25, 0.3) is 0 Å². The summed E-state index contributed by atoms with van der Waals surface area (Å²) in [7, 11) is 1.96. The largest absolute Gasteiger partial charge is 0.444 e. The number of hydrogen-bond acceptors (Lipinski definition) is 5. The molecule has 0 saturated carbocycles. The van der Waals surface area contributed by atoms with Crippen molar-refractivity contribution < 1.29 is 9.53 Å². The molecule has 7 nitrogen and oxygen atoms in total. The first-order chi connectivity index (χ1) is 11.9. The molecule has 1 saturated heterocycles. The molecule has 3 heterocycles. The highest BCUT2D eigenvalue weighted by molar-refractivity contribution is 5.69. The maximum atomic E-state index is 12.6. The number of imidazole rings is 1. The molecule has 1 aliphatic heterocycles. The second-order valence-corrected chi connectivity index (χ2v) is 7.37. The molecule has 134 valence electrons. The number of rotatable bonds is 2. The SMILES string of the molecule is Cn1c(-c2cncnc2)cnc1C1CCCCN1C(=O)OC(C)(C)C. The van der Waals surface area contributed by atoms with Gasteiger partial charge in [-0.1, -0.05) is 0 Å². The molecule has 25 heavy (non-hydrogen) atoms. The van der Waals surface area contributed by atoms with Crippen LogP contribution in [0.15, 0.2) is 24.9 Å². The second kappa shape index (κ2) is 6.82. The number of hydrogen-bond donors (Lipinski definition) is 0. The Kier molecular flexibility index (Phi) is 4.74. The normalized spacial score (nSPS) is 18.2. The molecule has 0 N–H and O–H groups in total. The van der Waals surface area contributed by atoms with Gasteiger partial charge in [0.15, 0.2) is 0 Å². The fourth-order valence-electron chi connectivity index (χ4n) is 3.17. The van der Waals surface area contributed by atoms with Gasteiger partial charge in [-0.15, -0.1) is 0 Å². The van der Waals surface area contributed by atoms with E-state index in [1.54, 1.807) is 12.4 Å². The van der Waals surface area contributed by atoms with Crippen molar-refractivity contribution in [3.63, 3.8) is 0 Å². The zero-order valence-corrected chi connectivity index (χ0v) is 15.3. The van der Waals surface area contributed by atoms with Crippen molar-refractivity contribution in [1.29, 1.82) is 0 Å². The van der Waals surface area contributed by atoms with Gasteiger partial charge in [0.2, 0.25) is 0 Å². The highest BCUT2D eigenvalue weighted by atomic mass is 16.6. The predicted octanol–water partition coefficient (Wildman–Crippen LogP) is 3.34. The van der Waals surface area contributed by atoms with E-state index in [1.807, 2.05) is 43.5 Å². The summed E-state index contributed by atoms with van der Waals surface area (Å²) in [6.45, 7) is 6.35. The van der Waals surface area contributed by atoms with Crippen LogP contribution in [-0.2, 0) is 11.8 Å². The third kappa shape index (κ3) is 3.81. The number of nitrogens with zero attached hydrogens (tertiary/aromatic N) is 5. The third-order valence-electron chi connectivity index (χ3n) is 4.31. The molecule has 1 aliphatic rings. The number of ether oxygens (including phenoxy) is 1. The van der Waals surface area contributed by atoms with E-state index < -0.39 is 5.60 Å². The van der Waals surface area contributed by atoms with Crippen molar-refractivity contribution in [1.82, 2.24) is 24.4 Å². The van der Waals surface area contributed by atoms with Gasteiger partial charge < -0.3 is 9.30 Å². The monoisotopic (exact) mass is 343 g/mol. The maximum absolute atomic E-state index is 12.6. The lowest BCUT2D eigenvalue weighted by Crippen LogP contribution is -2.42. The summed E-state index contributed by atoms with van der Waals surface area (Å²) >= 11 is 0. The van der Waals surface area contributed by atoms with Gasteiger partial charge in [-0.2, -0.15) is 0 Å². The lowest BCUT2D eigenvalue weighted by atomic mass is 10.0. The third-order valence-corrected chi connectivity index (χ3v) is 4.31. The van der Waals surface area contributed by atoms with Gasteiger partial charge in [-0.25, -0.2) is 19.7 Å². The quantitative estimate of drug-likeness (QED) is 0.836. The first kappa shape index (κ1) is 17.4. The Balaban J connectivity index is 1.89. The van der Waals surface area contributed by atoms with Crippen molar-refractivity contribution >= 4 is 6.09 Å². The Morgan fingerprint density at radius 1 is 1.20 bits per heavy atom. The molecule has 0 aliphatic carbocycles. The van der Waals surface area contributed by atoms with E-state index in [0.29, 0.717) is 6.54 Å². The van der Waals surface area contributed by atoms with Crippen LogP contribution >= 0.6 is 0 Å². The molecule has 3 rings (SSSR count). The summed E-state index contributed by atoms with van der Waals surface area (Å²) in [5, 5.41) is 0. The minimum atomic E-state index is -0.507. The molecule has 7 heteroatoms. The van der Waals surface area contributed by atoms with Gasteiger partial charge in [-0.3, -0.25) is 4.90 Å². The molecule has 0 aromatic carbocycles. The molecule has 2 aromatic rings. The van der Waals surface area contributed by atoms with Crippen LogP contribution in [0.4, 0.5) is 4.79 Å². The minimum Gasteiger partial charge on any atom is -0.444 e. The summed E-state index contributed by atoms with van der Waals surface area (Å²) in [6, 6.07) is -0.0769. The van der Waals surface area contributed by atoms with E-state index in [1.165, 1.54) is 6.33 Å². The average Bonchev–Trinajstić information content (AvgIpc) is 2.95. The first-order valence-corrected chi connectivity index (χ1v) is 8.63. The maximum Gasteiger partial charge on any atom is 0.410 e. The summed E-state index contributed by atoms with van der Waals surface area (Å²) in [6.07, 6.45) is 9.52. The number of carbonyl (C=O) groups excluding carboxylic acids is 1. The van der Waals surface area contributed by atoms with Crippen LogP contribution in [0.1, 0.15) is 51.9 Å². The smallest absolute Gasteiger partial charge is 0.410 e. The van der Waals surface area contributed by atoms with Crippen LogP contribution < -0.4 is 0 Å². The predicted molar refractivity (Wildman–Crippen MR) is 93.8 cm³/mol. The molecular formula is C18H25N5O2. The van der Waals surface area contributed by atoms with Crippen LogP contribution in [0, 0.1) is 0 Å². The molecular weight excluding hydrogens is 318 g/mol. The lowest BCUT2D eigenvalue weighted by molar-refractivity contribution is 0.00816. The molecule has 0 bridgehead atoms. The van der Waals surface area contributed by atoms with Crippen molar-refractivity contribution in [2.24, 2.45) is 7.05 Å². The van der Waals surface area contributed by atoms with Crippen LogP contribution in [-0.4, -0.2) is 42.7 Å². The molecule has 0 radical (unpaired) electrons. The molecule has 1 fully saturated rings. The van der Waals surface area contributed by atoms with E-state index in [9.17, 15) is 4.79 Å². The van der Waals surface area contributed by atoms with E-state index in [-0.39, 0.29) is 12.1 Å². The first-order valence-electron chi connectivity index (χ1n) is 8.63. The molecule has 1 atom stereocenters. The Morgan fingerprint density at radius 3 is 2.60 bits per heavy atom. The van der Waals surface area contributed by atoms with Gasteiger partial charge in [-0.05, 0) is 40.0 Å². The van der Waals surface area contributed by atoms with Gasteiger partial charge in [0.05, 0.1) is 17.9 Å². The number of piperidine rings is 1. The summed E-state index contributed by atoms with van der Waals surface area (Å²) < 4.78 is 7.61. The fourth-order valence-corrected chi connectivity index (χ4v) is 3.17. The average molecular weight is 343 g/mol. The van der Waals surface area contributed by atoms with Crippen molar-refractivity contribution in [3.05, 3.63) is 30.7 Å². The second-order valence-electron chi connectivity index (χ2n) is 7.37. The zero-order chi connectivity index (χ0) is 18.0. The zero-order valence-electron chi connectivity index (χ0n) is 15.3. The van der Waals surface area contributed by atoms with Crippen molar-refractivity contribution in [3.8, 4) is 11.3 Å². The van der Waals surface area contributed by atoms with Crippen LogP contribution in [0.2, 0.25) is 0 Å². The van der Waals surface area contributed by atoms with Gasteiger partial charge in [0.1, 0.15) is 17.8 Å². The summed E-state index contributed by atoms with van der Waals surface area (Å²) in [5.74, 6) is 0.865. The van der Waals surface area contributed by atoms with Crippen molar-refractivity contribution in [2.75, 3.05) is 6.54 Å². The van der Waals surface area contributed by atoms with Crippen LogP contribution in [0.3, 0.4) is 0 Å². The molecule has 0 spiro atoms. The molecule has 2 aromatic heterocycles. The number of carbonyl (C=O) groups is 1. The van der Waals surface area contributed by atoms with E-state index in [4.69, 9.17) is 4.74 Å². The summed E-state index contributed by atoms with van der Waals surface area (Å²) in [5.41, 5.74) is 1.33. The Hall–Kier alpha value is -2.44. The van der Waals surface area contributed by atoms with Crippen LogP contribution in [0.25, 0.3) is 11.3 Å². The topological polar surface area (TPSA) is 73.1 Å².